The number of aliphatic hydroxyl groups is 2. The van der Waals surface area contributed by atoms with Crippen molar-refractivity contribution in [2.75, 3.05) is 40.0 Å². The highest BCUT2D eigenvalue weighted by atomic mass is 35.5. The van der Waals surface area contributed by atoms with Crippen molar-refractivity contribution in [2.24, 2.45) is 17.8 Å². The molecule has 1 aliphatic carbocycles. The van der Waals surface area contributed by atoms with Crippen LogP contribution in [0.3, 0.4) is 0 Å². The van der Waals surface area contributed by atoms with Crippen LogP contribution in [-0.2, 0) is 20.9 Å². The third-order valence-electron chi connectivity index (χ3n) is 8.20. The van der Waals surface area contributed by atoms with Crippen molar-refractivity contribution >= 4 is 40.9 Å². The quantitative estimate of drug-likeness (QED) is 0.473. The lowest BCUT2D eigenvalue weighted by Gasteiger charge is -2.46. The van der Waals surface area contributed by atoms with Gasteiger partial charge in [0.1, 0.15) is 6.54 Å². The van der Waals surface area contributed by atoms with Gasteiger partial charge < -0.3 is 24.9 Å². The number of carbonyl (C=O) groups excluding carboxylic acids is 3. The highest BCUT2D eigenvalue weighted by Crippen LogP contribution is 2.40. The molecule has 4 rings (SSSR count). The first-order valence-corrected chi connectivity index (χ1v) is 13.7. The second-order valence-corrected chi connectivity index (χ2v) is 11.4. The van der Waals surface area contributed by atoms with E-state index in [4.69, 9.17) is 28.3 Å². The van der Waals surface area contributed by atoms with Crippen molar-refractivity contribution in [1.82, 2.24) is 20.0 Å². The van der Waals surface area contributed by atoms with Crippen LogP contribution in [0.4, 0.5) is 0 Å². The second kappa shape index (κ2) is 12.3. The van der Waals surface area contributed by atoms with E-state index >= 15 is 0 Å². The van der Waals surface area contributed by atoms with E-state index in [1.54, 1.807) is 33.9 Å². The van der Waals surface area contributed by atoms with Gasteiger partial charge >= 0.3 is 0 Å². The van der Waals surface area contributed by atoms with Gasteiger partial charge in [-0.25, -0.2) is 0 Å². The van der Waals surface area contributed by atoms with E-state index < -0.39 is 18.6 Å². The molecule has 3 aliphatic rings. The van der Waals surface area contributed by atoms with Gasteiger partial charge in [-0.3, -0.25) is 19.7 Å². The van der Waals surface area contributed by atoms with Crippen molar-refractivity contribution in [2.45, 2.75) is 50.8 Å². The van der Waals surface area contributed by atoms with E-state index in [0.717, 1.165) is 37.7 Å². The number of likely N-dealkylation sites (N-methyl/N-ethyl adjacent to an activating group) is 1. The number of likely N-dealkylation sites (tertiary alicyclic amines) is 1. The Balaban J connectivity index is 1.29. The SMILES string of the molecule is CN(Cc1ccc(Cl)c(Cl)c1)C(=O)CN1CNC2CCC(C3CCN(C(=O)C(O)CO)CC3)CC2C1=O. The van der Waals surface area contributed by atoms with Crippen LogP contribution in [0.5, 0.6) is 0 Å². The summed E-state index contributed by atoms with van der Waals surface area (Å²) in [5, 5.41) is 23.1. The smallest absolute Gasteiger partial charge is 0.253 e. The van der Waals surface area contributed by atoms with Crippen LogP contribution in [0.25, 0.3) is 0 Å². The summed E-state index contributed by atoms with van der Waals surface area (Å²) in [4.78, 5) is 43.3. The fraction of sp³-hybridized carbons (Fsp3) is 0.654. The van der Waals surface area contributed by atoms with Crippen LogP contribution in [-0.4, -0.2) is 94.7 Å². The monoisotopic (exact) mass is 554 g/mol. The van der Waals surface area contributed by atoms with E-state index in [0.29, 0.717) is 48.2 Å². The minimum Gasteiger partial charge on any atom is -0.393 e. The van der Waals surface area contributed by atoms with Crippen molar-refractivity contribution in [3.8, 4) is 0 Å². The van der Waals surface area contributed by atoms with Gasteiger partial charge in [0.25, 0.3) is 5.91 Å². The van der Waals surface area contributed by atoms with Gasteiger partial charge in [-0.1, -0.05) is 29.3 Å². The Morgan fingerprint density at radius 3 is 2.54 bits per heavy atom. The Hall–Kier alpha value is -1.91. The van der Waals surface area contributed by atoms with Crippen molar-refractivity contribution in [3.05, 3.63) is 33.8 Å². The summed E-state index contributed by atoms with van der Waals surface area (Å²) >= 11 is 12.1. The lowest BCUT2D eigenvalue weighted by atomic mass is 9.69. The van der Waals surface area contributed by atoms with Gasteiger partial charge in [0.15, 0.2) is 6.10 Å². The van der Waals surface area contributed by atoms with E-state index in [9.17, 15) is 19.5 Å². The first-order chi connectivity index (χ1) is 17.7. The Kier molecular flexibility index (Phi) is 9.34. The summed E-state index contributed by atoms with van der Waals surface area (Å²) in [6.07, 6.45) is 3.03. The molecular weight excluding hydrogens is 519 g/mol. The first kappa shape index (κ1) is 28.1. The molecule has 2 heterocycles. The van der Waals surface area contributed by atoms with Gasteiger partial charge in [-0.15, -0.1) is 0 Å². The van der Waals surface area contributed by atoms with E-state index in [-0.39, 0.29) is 30.3 Å². The summed E-state index contributed by atoms with van der Waals surface area (Å²) < 4.78 is 0. The summed E-state index contributed by atoms with van der Waals surface area (Å²) in [7, 11) is 1.71. The molecule has 2 aliphatic heterocycles. The maximum atomic E-state index is 13.4. The summed E-state index contributed by atoms with van der Waals surface area (Å²) in [6.45, 7) is 1.31. The number of halogens is 2. The molecular formula is C26H36Cl2N4O5. The van der Waals surface area contributed by atoms with Crippen molar-refractivity contribution in [3.63, 3.8) is 0 Å². The molecule has 3 N–H and O–H groups in total. The average molecular weight is 556 g/mol. The number of amides is 3. The molecule has 0 bridgehead atoms. The number of nitrogens with zero attached hydrogens (tertiary/aromatic N) is 3. The third-order valence-corrected chi connectivity index (χ3v) is 8.93. The molecule has 4 unspecified atom stereocenters. The maximum Gasteiger partial charge on any atom is 0.253 e. The molecule has 3 fully saturated rings. The fourth-order valence-corrected chi connectivity index (χ4v) is 6.31. The molecule has 3 amide bonds. The average Bonchev–Trinajstić information content (AvgIpc) is 2.91. The lowest BCUT2D eigenvalue weighted by molar-refractivity contribution is -0.149. The zero-order chi connectivity index (χ0) is 26.7. The van der Waals surface area contributed by atoms with Gasteiger partial charge in [-0.05, 0) is 61.6 Å². The second-order valence-electron chi connectivity index (χ2n) is 10.5. The molecule has 1 aromatic carbocycles. The van der Waals surface area contributed by atoms with Crippen LogP contribution >= 0.6 is 23.2 Å². The summed E-state index contributed by atoms with van der Waals surface area (Å²) in [5.41, 5.74) is 0.863. The Bertz CT molecular complexity index is 1000. The minimum absolute atomic E-state index is 0.0191. The number of fused-ring (bicyclic) bond motifs is 1. The van der Waals surface area contributed by atoms with Gasteiger partial charge in [0.2, 0.25) is 11.8 Å². The first-order valence-electron chi connectivity index (χ1n) is 13.0. The van der Waals surface area contributed by atoms with Crippen molar-refractivity contribution in [1.29, 1.82) is 0 Å². The number of nitrogens with one attached hydrogen (secondary N) is 1. The Morgan fingerprint density at radius 1 is 1.14 bits per heavy atom. The normalized spacial score (nSPS) is 25.5. The third kappa shape index (κ3) is 6.57. The van der Waals surface area contributed by atoms with Gasteiger partial charge in [0, 0.05) is 32.7 Å². The molecule has 2 saturated heterocycles. The maximum absolute atomic E-state index is 13.4. The predicted molar refractivity (Wildman–Crippen MR) is 140 cm³/mol. The largest absolute Gasteiger partial charge is 0.393 e. The standard InChI is InChI=1S/C26H36Cl2N4O5/c1-30(12-16-2-4-20(27)21(28)10-16)24(35)13-32-15-29-22-5-3-18(11-19(22)25(32)36)17-6-8-31(9-7-17)26(37)23(34)14-33/h2,4,10,17-19,22-23,29,33-34H,3,5-9,11-15H2,1H3. The van der Waals surface area contributed by atoms with Crippen LogP contribution in [0, 0.1) is 17.8 Å². The molecule has 37 heavy (non-hydrogen) atoms. The number of hydrogen-bond acceptors (Lipinski definition) is 6. The minimum atomic E-state index is -1.35. The van der Waals surface area contributed by atoms with Gasteiger partial charge in [-0.2, -0.15) is 0 Å². The zero-order valence-electron chi connectivity index (χ0n) is 21.1. The molecule has 9 nitrogen and oxygen atoms in total. The summed E-state index contributed by atoms with van der Waals surface area (Å²) in [5.74, 6) is 0.119. The van der Waals surface area contributed by atoms with E-state index in [1.807, 2.05) is 6.07 Å². The molecule has 4 atom stereocenters. The number of benzene rings is 1. The molecule has 204 valence electrons. The number of hydrogen-bond donors (Lipinski definition) is 3. The predicted octanol–water partition coefficient (Wildman–Crippen LogP) is 1.72. The van der Waals surface area contributed by atoms with Crippen molar-refractivity contribution < 1.29 is 24.6 Å². The van der Waals surface area contributed by atoms with Crippen LogP contribution < -0.4 is 5.32 Å². The van der Waals surface area contributed by atoms with E-state index in [1.165, 1.54) is 0 Å². The summed E-state index contributed by atoms with van der Waals surface area (Å²) in [6, 6.07) is 5.40. The number of carbonyl (C=O) groups is 3. The highest BCUT2D eigenvalue weighted by molar-refractivity contribution is 6.42. The zero-order valence-corrected chi connectivity index (χ0v) is 22.6. The molecule has 0 aromatic heterocycles. The topological polar surface area (TPSA) is 113 Å². The molecule has 1 saturated carbocycles. The van der Waals surface area contributed by atoms with Gasteiger partial charge in [0.05, 0.1) is 29.2 Å². The van der Waals surface area contributed by atoms with Crippen LogP contribution in [0.1, 0.15) is 37.7 Å². The Morgan fingerprint density at radius 2 is 1.86 bits per heavy atom. The lowest BCUT2D eigenvalue weighted by Crippen LogP contribution is -2.60. The molecule has 11 heteroatoms. The molecule has 1 aromatic rings. The van der Waals surface area contributed by atoms with E-state index in [2.05, 4.69) is 5.32 Å². The fourth-order valence-electron chi connectivity index (χ4n) is 5.99. The Labute approximate surface area is 227 Å². The highest BCUT2D eigenvalue weighted by Gasteiger charge is 2.43. The molecule has 0 spiro atoms. The van der Waals surface area contributed by atoms with Crippen LogP contribution in [0.2, 0.25) is 10.0 Å². The number of rotatable bonds is 7. The number of piperidine rings is 1. The van der Waals surface area contributed by atoms with Crippen LogP contribution in [0.15, 0.2) is 18.2 Å². The number of aliphatic hydroxyl groups excluding tert-OH is 2. The molecule has 0 radical (unpaired) electrons.